The van der Waals surface area contributed by atoms with Crippen LogP contribution in [0.2, 0.25) is 0 Å². The number of nitrogens with two attached hydrogens (primary N) is 2. The highest BCUT2D eigenvalue weighted by Gasteiger charge is 2.04. The number of hydrogen-bond acceptors (Lipinski definition) is 4. The van der Waals surface area contributed by atoms with Gasteiger partial charge in [-0.3, -0.25) is 0 Å². The molecule has 58 valence electrons. The van der Waals surface area contributed by atoms with Crippen LogP contribution in [0.3, 0.4) is 0 Å². The van der Waals surface area contributed by atoms with Gasteiger partial charge in [-0.2, -0.15) is 0 Å². The third-order valence-electron chi connectivity index (χ3n) is 1.11. The minimum Gasteiger partial charge on any atom is -0.478 e. The maximum Gasteiger partial charge on any atom is 0.335 e. The molecule has 0 aliphatic rings. The van der Waals surface area contributed by atoms with E-state index >= 15 is 0 Å². The number of carboxylic acid groups (broad SMARTS) is 1. The van der Waals surface area contributed by atoms with Gasteiger partial charge in [-0.15, -0.1) is 0 Å². The zero-order chi connectivity index (χ0) is 8.43. The quantitative estimate of drug-likeness (QED) is 0.524. The summed E-state index contributed by atoms with van der Waals surface area (Å²) in [5.41, 5.74) is 10.5. The fraction of sp³-hybridized carbons (Fsp3) is 0. The Morgan fingerprint density at radius 3 is 2.18 bits per heavy atom. The van der Waals surface area contributed by atoms with Gasteiger partial charge < -0.3 is 16.6 Å². The van der Waals surface area contributed by atoms with Crippen molar-refractivity contribution < 1.29 is 9.90 Å². The van der Waals surface area contributed by atoms with Crippen LogP contribution < -0.4 is 11.5 Å². The van der Waals surface area contributed by atoms with E-state index in [1.165, 1.54) is 12.1 Å². The number of rotatable bonds is 1. The van der Waals surface area contributed by atoms with E-state index in [1.807, 2.05) is 0 Å². The van der Waals surface area contributed by atoms with Gasteiger partial charge in [0.1, 0.15) is 11.6 Å². The summed E-state index contributed by atoms with van der Waals surface area (Å²) in [6.45, 7) is 0. The Kier molecular flexibility index (Phi) is 1.63. The predicted molar refractivity (Wildman–Crippen MR) is 40.0 cm³/mol. The Morgan fingerprint density at radius 1 is 1.36 bits per heavy atom. The zero-order valence-corrected chi connectivity index (χ0v) is 5.61. The van der Waals surface area contributed by atoms with Gasteiger partial charge in [-0.05, 0) is 12.1 Å². The molecule has 1 rings (SSSR count). The van der Waals surface area contributed by atoms with Crippen molar-refractivity contribution >= 4 is 17.6 Å². The molecule has 0 aliphatic heterocycles. The van der Waals surface area contributed by atoms with Gasteiger partial charge in [0.15, 0.2) is 0 Å². The van der Waals surface area contributed by atoms with Crippen LogP contribution in [0.1, 0.15) is 10.4 Å². The van der Waals surface area contributed by atoms with Crippen LogP contribution in [-0.2, 0) is 0 Å². The van der Waals surface area contributed by atoms with Crippen LogP contribution in [-0.4, -0.2) is 16.1 Å². The largest absolute Gasteiger partial charge is 0.478 e. The second-order valence-electron chi connectivity index (χ2n) is 2.01. The van der Waals surface area contributed by atoms with E-state index < -0.39 is 5.97 Å². The normalized spacial score (nSPS) is 9.45. The third kappa shape index (κ3) is 1.57. The Hall–Kier alpha value is -1.78. The van der Waals surface area contributed by atoms with Crippen molar-refractivity contribution in [1.82, 2.24) is 4.98 Å². The van der Waals surface area contributed by atoms with Gasteiger partial charge >= 0.3 is 5.97 Å². The van der Waals surface area contributed by atoms with Gasteiger partial charge in [-0.25, -0.2) is 9.78 Å². The highest BCUT2D eigenvalue weighted by Crippen LogP contribution is 2.08. The molecule has 0 spiro atoms. The number of anilines is 2. The van der Waals surface area contributed by atoms with Gasteiger partial charge in [-0.1, -0.05) is 0 Å². The SMILES string of the molecule is Nc1cc(C(=O)O)cc(N)n1. The van der Waals surface area contributed by atoms with E-state index in [0.29, 0.717) is 0 Å². The first-order valence-electron chi connectivity index (χ1n) is 2.86. The molecule has 1 aromatic rings. The van der Waals surface area contributed by atoms with Crippen LogP contribution in [0.4, 0.5) is 11.6 Å². The van der Waals surface area contributed by atoms with Crippen molar-refractivity contribution in [3.8, 4) is 0 Å². The third-order valence-corrected chi connectivity index (χ3v) is 1.11. The van der Waals surface area contributed by atoms with E-state index in [0.717, 1.165) is 0 Å². The zero-order valence-electron chi connectivity index (χ0n) is 5.61. The van der Waals surface area contributed by atoms with E-state index in [9.17, 15) is 4.79 Å². The lowest BCUT2D eigenvalue weighted by molar-refractivity contribution is 0.0697. The van der Waals surface area contributed by atoms with Crippen molar-refractivity contribution in [2.45, 2.75) is 0 Å². The van der Waals surface area contributed by atoms with Crippen molar-refractivity contribution in [2.75, 3.05) is 11.5 Å². The van der Waals surface area contributed by atoms with Crippen LogP contribution in [0.25, 0.3) is 0 Å². The number of hydrogen-bond donors (Lipinski definition) is 3. The minimum atomic E-state index is -1.06. The van der Waals surface area contributed by atoms with E-state index in [-0.39, 0.29) is 17.2 Å². The molecule has 0 atom stereocenters. The molecule has 0 amide bonds. The summed E-state index contributed by atoms with van der Waals surface area (Å²) >= 11 is 0. The molecule has 5 heteroatoms. The Labute approximate surface area is 62.7 Å². The van der Waals surface area contributed by atoms with Crippen molar-refractivity contribution in [1.29, 1.82) is 0 Å². The van der Waals surface area contributed by atoms with E-state index in [2.05, 4.69) is 4.98 Å². The molecule has 11 heavy (non-hydrogen) atoms. The summed E-state index contributed by atoms with van der Waals surface area (Å²) in [5.74, 6) is -0.837. The molecule has 0 saturated heterocycles. The second-order valence-corrected chi connectivity index (χ2v) is 2.01. The molecule has 0 unspecified atom stereocenters. The number of carboxylic acids is 1. The highest BCUT2D eigenvalue weighted by atomic mass is 16.4. The standard InChI is InChI=1S/C6H7N3O2/c7-4-1-3(6(10)11)2-5(8)9-4/h1-2H,(H,10,11)(H4,7,8,9). The van der Waals surface area contributed by atoms with Crippen LogP contribution >= 0.6 is 0 Å². The Balaban J connectivity index is 3.19. The lowest BCUT2D eigenvalue weighted by Crippen LogP contribution is -2.02. The van der Waals surface area contributed by atoms with Crippen LogP contribution in [0, 0.1) is 0 Å². The molecule has 5 N–H and O–H groups in total. The number of aromatic nitrogens is 1. The van der Waals surface area contributed by atoms with Crippen LogP contribution in [0.15, 0.2) is 12.1 Å². The molecule has 1 heterocycles. The summed E-state index contributed by atoms with van der Waals surface area (Å²) in [5, 5.41) is 8.49. The first-order chi connectivity index (χ1) is 5.09. The van der Waals surface area contributed by atoms with Crippen LogP contribution in [0.5, 0.6) is 0 Å². The summed E-state index contributed by atoms with van der Waals surface area (Å²) in [6.07, 6.45) is 0. The van der Waals surface area contributed by atoms with E-state index in [4.69, 9.17) is 16.6 Å². The average molecular weight is 153 g/mol. The average Bonchev–Trinajstić information content (AvgIpc) is 1.85. The van der Waals surface area contributed by atoms with Gasteiger partial charge in [0.05, 0.1) is 5.56 Å². The molecule has 0 bridgehead atoms. The number of carbonyl (C=O) groups is 1. The molecule has 0 aliphatic carbocycles. The smallest absolute Gasteiger partial charge is 0.335 e. The lowest BCUT2D eigenvalue weighted by atomic mass is 10.2. The van der Waals surface area contributed by atoms with Crippen molar-refractivity contribution in [2.24, 2.45) is 0 Å². The molecular weight excluding hydrogens is 146 g/mol. The molecule has 0 aromatic carbocycles. The summed E-state index contributed by atoms with van der Waals surface area (Å²) < 4.78 is 0. The summed E-state index contributed by atoms with van der Waals surface area (Å²) in [6, 6.07) is 2.50. The number of nitrogens with zero attached hydrogens (tertiary/aromatic N) is 1. The van der Waals surface area contributed by atoms with Crippen molar-refractivity contribution in [3.05, 3.63) is 17.7 Å². The molecular formula is C6H7N3O2. The van der Waals surface area contributed by atoms with E-state index in [1.54, 1.807) is 0 Å². The second kappa shape index (κ2) is 2.45. The molecule has 0 fully saturated rings. The maximum atomic E-state index is 10.4. The molecule has 0 radical (unpaired) electrons. The monoisotopic (exact) mass is 153 g/mol. The number of nitrogen functional groups attached to an aromatic ring is 2. The Morgan fingerprint density at radius 2 is 1.82 bits per heavy atom. The highest BCUT2D eigenvalue weighted by molar-refractivity contribution is 5.89. The lowest BCUT2D eigenvalue weighted by Gasteiger charge is -1.97. The van der Waals surface area contributed by atoms with Gasteiger partial charge in [0.25, 0.3) is 0 Å². The van der Waals surface area contributed by atoms with Gasteiger partial charge in [0, 0.05) is 0 Å². The number of aromatic carboxylic acids is 1. The fourth-order valence-corrected chi connectivity index (χ4v) is 0.697. The summed E-state index contributed by atoms with van der Waals surface area (Å²) in [7, 11) is 0. The van der Waals surface area contributed by atoms with Crippen molar-refractivity contribution in [3.63, 3.8) is 0 Å². The molecule has 1 aromatic heterocycles. The maximum absolute atomic E-state index is 10.4. The minimum absolute atomic E-state index is 0.0509. The topological polar surface area (TPSA) is 102 Å². The first kappa shape index (κ1) is 7.33. The Bertz CT molecular complexity index is 278. The first-order valence-corrected chi connectivity index (χ1v) is 2.86. The predicted octanol–water partition coefficient (Wildman–Crippen LogP) is -0.0558. The fourth-order valence-electron chi connectivity index (χ4n) is 0.697. The summed E-state index contributed by atoms with van der Waals surface area (Å²) in [4.78, 5) is 14.0. The molecule has 0 saturated carbocycles. The number of pyridine rings is 1. The molecule has 5 nitrogen and oxygen atoms in total. The van der Waals surface area contributed by atoms with Gasteiger partial charge in [0.2, 0.25) is 0 Å².